The van der Waals surface area contributed by atoms with Crippen molar-refractivity contribution < 1.29 is 28.0 Å². The molecule has 2 amide bonds. The Morgan fingerprint density at radius 2 is 1.54 bits per heavy atom. The molecule has 0 bridgehead atoms. The Labute approximate surface area is 204 Å². The summed E-state index contributed by atoms with van der Waals surface area (Å²) in [6.45, 7) is -0.107. The van der Waals surface area contributed by atoms with Crippen LogP contribution in [0.15, 0.2) is 91.0 Å². The SMILES string of the molecule is O=C(/C=C/c1ccccc1)NC(COc1ccc(C(=O)NO)cc1)CS(=O)(=O)Cc1ccccc1. The minimum atomic E-state index is -3.57. The molecule has 3 aromatic rings. The highest BCUT2D eigenvalue weighted by Crippen LogP contribution is 2.14. The molecule has 0 aliphatic rings. The quantitative estimate of drug-likeness (QED) is 0.214. The molecular formula is C26H26N2O6S. The van der Waals surface area contributed by atoms with Gasteiger partial charge in [0.1, 0.15) is 12.4 Å². The number of carbonyl (C=O) groups excluding carboxylic acids is 2. The average Bonchev–Trinajstić information content (AvgIpc) is 2.86. The van der Waals surface area contributed by atoms with Gasteiger partial charge in [-0.15, -0.1) is 0 Å². The standard InChI is InChI=1S/C26H26N2O6S/c29-25(16-11-20-7-3-1-4-8-20)27-23(19-35(32,33)18-21-9-5-2-6-10-21)17-34-24-14-12-22(13-15-24)26(30)28-31/h1-16,23,31H,17-19H2,(H,27,29)(H,28,30)/b16-11+. The summed E-state index contributed by atoms with van der Waals surface area (Å²) in [5.74, 6) is -1.23. The van der Waals surface area contributed by atoms with E-state index < -0.39 is 27.7 Å². The largest absolute Gasteiger partial charge is 0.491 e. The third kappa shape index (κ3) is 8.73. The molecule has 35 heavy (non-hydrogen) atoms. The normalized spacial score (nSPS) is 12.1. The monoisotopic (exact) mass is 494 g/mol. The molecule has 1 atom stereocenters. The van der Waals surface area contributed by atoms with Gasteiger partial charge in [0.25, 0.3) is 5.91 Å². The minimum absolute atomic E-state index is 0.107. The van der Waals surface area contributed by atoms with Gasteiger partial charge in [0, 0.05) is 11.6 Å². The molecule has 1 unspecified atom stereocenters. The van der Waals surface area contributed by atoms with Crippen molar-refractivity contribution in [3.05, 3.63) is 108 Å². The van der Waals surface area contributed by atoms with Crippen molar-refractivity contribution in [3.8, 4) is 5.75 Å². The first-order valence-electron chi connectivity index (χ1n) is 10.8. The van der Waals surface area contributed by atoms with Crippen LogP contribution in [0, 0.1) is 0 Å². The zero-order valence-corrected chi connectivity index (χ0v) is 19.6. The molecule has 0 radical (unpaired) electrons. The van der Waals surface area contributed by atoms with E-state index in [1.165, 1.54) is 30.3 Å². The van der Waals surface area contributed by atoms with Crippen molar-refractivity contribution in [1.29, 1.82) is 0 Å². The molecule has 182 valence electrons. The van der Waals surface area contributed by atoms with Gasteiger partial charge in [0.15, 0.2) is 9.84 Å². The number of hydroxylamine groups is 1. The molecule has 3 rings (SSSR count). The molecule has 3 aromatic carbocycles. The third-order valence-electron chi connectivity index (χ3n) is 4.93. The Hall–Kier alpha value is -3.95. The van der Waals surface area contributed by atoms with Crippen LogP contribution in [0.1, 0.15) is 21.5 Å². The van der Waals surface area contributed by atoms with Gasteiger partial charge in [0.05, 0.1) is 17.5 Å². The number of rotatable bonds is 11. The Balaban J connectivity index is 1.69. The van der Waals surface area contributed by atoms with Gasteiger partial charge in [-0.05, 0) is 41.5 Å². The first-order valence-corrected chi connectivity index (χ1v) is 12.6. The zero-order valence-electron chi connectivity index (χ0n) is 18.8. The van der Waals surface area contributed by atoms with Gasteiger partial charge in [-0.2, -0.15) is 0 Å². The molecule has 0 aromatic heterocycles. The van der Waals surface area contributed by atoms with Crippen LogP contribution in [0.2, 0.25) is 0 Å². The van der Waals surface area contributed by atoms with Crippen LogP contribution in [0.3, 0.4) is 0 Å². The Bertz CT molecular complexity index is 1240. The number of benzene rings is 3. The second kappa shape index (κ2) is 12.5. The number of hydrogen-bond donors (Lipinski definition) is 3. The van der Waals surface area contributed by atoms with Gasteiger partial charge in [0.2, 0.25) is 5.91 Å². The van der Waals surface area contributed by atoms with Crippen LogP contribution in [-0.4, -0.2) is 43.8 Å². The summed E-state index contributed by atoms with van der Waals surface area (Å²) in [6, 6.07) is 23.1. The van der Waals surface area contributed by atoms with E-state index in [0.29, 0.717) is 11.3 Å². The van der Waals surface area contributed by atoms with Crippen molar-refractivity contribution in [1.82, 2.24) is 10.8 Å². The Morgan fingerprint density at radius 1 is 0.914 bits per heavy atom. The molecule has 0 saturated carbocycles. The summed E-state index contributed by atoms with van der Waals surface area (Å²) in [4.78, 5) is 24.0. The van der Waals surface area contributed by atoms with Gasteiger partial charge in [-0.25, -0.2) is 13.9 Å². The maximum absolute atomic E-state index is 12.8. The van der Waals surface area contributed by atoms with Crippen LogP contribution in [0.25, 0.3) is 6.08 Å². The van der Waals surface area contributed by atoms with E-state index >= 15 is 0 Å². The first-order chi connectivity index (χ1) is 16.8. The van der Waals surface area contributed by atoms with Crippen molar-refractivity contribution >= 4 is 27.7 Å². The Morgan fingerprint density at radius 3 is 2.17 bits per heavy atom. The molecule has 0 aliphatic heterocycles. The van der Waals surface area contributed by atoms with Gasteiger partial charge in [-0.3, -0.25) is 14.8 Å². The highest BCUT2D eigenvalue weighted by atomic mass is 32.2. The van der Waals surface area contributed by atoms with Crippen LogP contribution in [-0.2, 0) is 20.4 Å². The predicted octanol–water partition coefficient (Wildman–Crippen LogP) is 3.00. The minimum Gasteiger partial charge on any atom is -0.491 e. The van der Waals surface area contributed by atoms with E-state index in [1.54, 1.807) is 35.8 Å². The molecule has 0 saturated heterocycles. The van der Waals surface area contributed by atoms with E-state index in [1.807, 2.05) is 36.4 Å². The predicted molar refractivity (Wildman–Crippen MR) is 133 cm³/mol. The first kappa shape index (κ1) is 25.7. The number of hydrogen-bond acceptors (Lipinski definition) is 6. The summed E-state index contributed by atoms with van der Waals surface area (Å²) < 4.78 is 31.4. The third-order valence-corrected chi connectivity index (χ3v) is 6.61. The fraction of sp³-hybridized carbons (Fsp3) is 0.154. The summed E-state index contributed by atoms with van der Waals surface area (Å²) in [5.41, 5.74) is 3.25. The molecule has 0 heterocycles. The lowest BCUT2D eigenvalue weighted by Gasteiger charge is -2.19. The summed E-state index contributed by atoms with van der Waals surface area (Å²) in [7, 11) is -3.57. The highest BCUT2D eigenvalue weighted by molar-refractivity contribution is 7.90. The summed E-state index contributed by atoms with van der Waals surface area (Å²) in [5, 5.41) is 11.4. The number of carbonyl (C=O) groups is 2. The second-order valence-corrected chi connectivity index (χ2v) is 9.88. The van der Waals surface area contributed by atoms with E-state index in [0.717, 1.165) is 5.56 Å². The lowest BCUT2D eigenvalue weighted by atomic mass is 10.2. The average molecular weight is 495 g/mol. The molecule has 8 nitrogen and oxygen atoms in total. The van der Waals surface area contributed by atoms with Gasteiger partial charge < -0.3 is 10.1 Å². The summed E-state index contributed by atoms with van der Waals surface area (Å²) >= 11 is 0. The highest BCUT2D eigenvalue weighted by Gasteiger charge is 2.22. The van der Waals surface area contributed by atoms with Gasteiger partial charge >= 0.3 is 0 Å². The lowest BCUT2D eigenvalue weighted by Crippen LogP contribution is -2.43. The van der Waals surface area contributed by atoms with Crippen LogP contribution >= 0.6 is 0 Å². The molecule has 0 spiro atoms. The topological polar surface area (TPSA) is 122 Å². The number of amides is 2. The van der Waals surface area contributed by atoms with Crippen molar-refractivity contribution in [3.63, 3.8) is 0 Å². The van der Waals surface area contributed by atoms with E-state index in [-0.39, 0.29) is 23.7 Å². The maximum Gasteiger partial charge on any atom is 0.274 e. The van der Waals surface area contributed by atoms with Crippen LogP contribution < -0.4 is 15.5 Å². The van der Waals surface area contributed by atoms with Crippen molar-refractivity contribution in [2.24, 2.45) is 0 Å². The molecular weight excluding hydrogens is 468 g/mol. The summed E-state index contributed by atoms with van der Waals surface area (Å²) in [6.07, 6.45) is 2.98. The van der Waals surface area contributed by atoms with E-state index in [4.69, 9.17) is 9.94 Å². The number of ether oxygens (including phenoxy) is 1. The molecule has 3 N–H and O–H groups in total. The molecule has 9 heteroatoms. The zero-order chi connectivity index (χ0) is 25.1. The smallest absolute Gasteiger partial charge is 0.274 e. The van der Waals surface area contributed by atoms with Crippen LogP contribution in [0.4, 0.5) is 0 Å². The maximum atomic E-state index is 12.8. The fourth-order valence-corrected chi connectivity index (χ4v) is 4.89. The Kier molecular flexibility index (Phi) is 9.16. The molecule has 0 aliphatic carbocycles. The molecule has 0 fully saturated rings. The van der Waals surface area contributed by atoms with Gasteiger partial charge in [-0.1, -0.05) is 60.7 Å². The van der Waals surface area contributed by atoms with Crippen molar-refractivity contribution in [2.75, 3.05) is 12.4 Å². The van der Waals surface area contributed by atoms with Crippen molar-refractivity contribution in [2.45, 2.75) is 11.8 Å². The second-order valence-electron chi connectivity index (χ2n) is 7.77. The number of nitrogens with one attached hydrogen (secondary N) is 2. The van der Waals surface area contributed by atoms with E-state index in [9.17, 15) is 18.0 Å². The lowest BCUT2D eigenvalue weighted by molar-refractivity contribution is -0.117. The van der Waals surface area contributed by atoms with E-state index in [2.05, 4.69) is 5.32 Å². The number of sulfone groups is 1. The van der Waals surface area contributed by atoms with Crippen LogP contribution in [0.5, 0.6) is 5.75 Å². The fourth-order valence-electron chi connectivity index (χ4n) is 3.27.